The van der Waals surface area contributed by atoms with E-state index in [1.807, 2.05) is 47.4 Å². The maximum Gasteiger partial charge on any atom is 0.275 e. The fourth-order valence-corrected chi connectivity index (χ4v) is 3.47. The van der Waals surface area contributed by atoms with Crippen LogP contribution >= 0.6 is 0 Å². The van der Waals surface area contributed by atoms with Crippen LogP contribution in [0.25, 0.3) is 6.08 Å². The molecule has 0 aromatic heterocycles. The molecule has 1 aliphatic heterocycles. The highest BCUT2D eigenvalue weighted by Crippen LogP contribution is 2.20. The zero-order valence-corrected chi connectivity index (χ0v) is 18.4. The van der Waals surface area contributed by atoms with Gasteiger partial charge >= 0.3 is 0 Å². The van der Waals surface area contributed by atoms with Crippen LogP contribution in [0.1, 0.15) is 25.3 Å². The van der Waals surface area contributed by atoms with E-state index in [0.29, 0.717) is 38.0 Å². The maximum absolute atomic E-state index is 12.9. The average molecular weight is 438 g/mol. The molecule has 1 heterocycles. The number of hydroxylamine groups is 1. The fraction of sp³-hybridized carbons (Fsp3) is 0.375. The van der Waals surface area contributed by atoms with Crippen LogP contribution in [0.4, 0.5) is 0 Å². The lowest BCUT2D eigenvalue weighted by Gasteiger charge is -2.38. The Morgan fingerprint density at radius 1 is 1.19 bits per heavy atom. The van der Waals surface area contributed by atoms with Crippen molar-refractivity contribution in [2.75, 3.05) is 26.2 Å². The van der Waals surface area contributed by atoms with Gasteiger partial charge < -0.3 is 10.2 Å². The first kappa shape index (κ1) is 23.4. The number of hydrogen-bond acceptors (Lipinski definition) is 6. The van der Waals surface area contributed by atoms with Crippen LogP contribution in [-0.2, 0) is 9.59 Å². The summed E-state index contributed by atoms with van der Waals surface area (Å²) in [5, 5.41) is 11.9. The number of hydrogen-bond donors (Lipinski definition) is 3. The summed E-state index contributed by atoms with van der Waals surface area (Å²) in [6, 6.07) is 9.93. The Morgan fingerprint density at radius 3 is 2.47 bits per heavy atom. The summed E-state index contributed by atoms with van der Waals surface area (Å²) < 4.78 is 0. The molecule has 3 N–H and O–H groups in total. The number of nitrogens with zero attached hydrogens (tertiary/aromatic N) is 3. The number of benzene rings is 1. The SMILES string of the molecule is C=C(/N=C\C(=C/C)C(=O)NO)N1CCN(C(/C=C/c2ccccc2)C(=O)NC2CC2)CC1. The predicted molar refractivity (Wildman–Crippen MR) is 125 cm³/mol. The molecule has 1 aromatic carbocycles. The number of allylic oxidation sites excluding steroid dienone is 1. The molecule has 1 saturated heterocycles. The second-order valence-electron chi connectivity index (χ2n) is 7.88. The normalized spacial score (nSPS) is 18.7. The Labute approximate surface area is 189 Å². The number of nitrogens with one attached hydrogen (secondary N) is 2. The topological polar surface area (TPSA) is 97.3 Å². The van der Waals surface area contributed by atoms with E-state index in [4.69, 9.17) is 5.21 Å². The first-order valence-electron chi connectivity index (χ1n) is 10.9. The van der Waals surface area contributed by atoms with Crippen molar-refractivity contribution in [1.82, 2.24) is 20.6 Å². The lowest BCUT2D eigenvalue weighted by atomic mass is 10.1. The van der Waals surface area contributed by atoms with E-state index in [9.17, 15) is 9.59 Å². The fourth-order valence-electron chi connectivity index (χ4n) is 3.47. The maximum atomic E-state index is 12.9. The summed E-state index contributed by atoms with van der Waals surface area (Å²) in [6.07, 6.45) is 9.01. The molecular weight excluding hydrogens is 406 g/mol. The van der Waals surface area contributed by atoms with Crippen LogP contribution in [0.15, 0.2) is 65.4 Å². The van der Waals surface area contributed by atoms with Gasteiger partial charge in [-0.2, -0.15) is 0 Å². The molecule has 1 saturated carbocycles. The van der Waals surface area contributed by atoms with Gasteiger partial charge in [-0.05, 0) is 25.3 Å². The van der Waals surface area contributed by atoms with Crippen molar-refractivity contribution in [1.29, 1.82) is 0 Å². The van der Waals surface area contributed by atoms with Gasteiger partial charge in [0.25, 0.3) is 5.91 Å². The summed E-state index contributed by atoms with van der Waals surface area (Å²) in [5.41, 5.74) is 2.90. The molecule has 1 aromatic rings. The lowest BCUT2D eigenvalue weighted by molar-refractivity contribution is -0.125. The van der Waals surface area contributed by atoms with Gasteiger partial charge in [0.1, 0.15) is 11.9 Å². The first-order chi connectivity index (χ1) is 15.5. The van der Waals surface area contributed by atoms with Crippen LogP contribution in [0.5, 0.6) is 0 Å². The highest BCUT2D eigenvalue weighted by atomic mass is 16.5. The summed E-state index contributed by atoms with van der Waals surface area (Å²) in [6.45, 7) is 8.38. The van der Waals surface area contributed by atoms with E-state index in [1.165, 1.54) is 6.21 Å². The van der Waals surface area contributed by atoms with Gasteiger partial charge in [0, 0.05) is 38.4 Å². The van der Waals surface area contributed by atoms with Gasteiger partial charge in [-0.1, -0.05) is 55.1 Å². The van der Waals surface area contributed by atoms with Crippen molar-refractivity contribution >= 4 is 24.1 Å². The highest BCUT2D eigenvalue weighted by Gasteiger charge is 2.31. The second-order valence-corrected chi connectivity index (χ2v) is 7.88. The smallest absolute Gasteiger partial charge is 0.275 e. The summed E-state index contributed by atoms with van der Waals surface area (Å²) in [5.74, 6) is -0.0464. The van der Waals surface area contributed by atoms with E-state index < -0.39 is 5.91 Å². The van der Waals surface area contributed by atoms with Crippen LogP contribution in [0.3, 0.4) is 0 Å². The molecule has 0 bridgehead atoms. The third-order valence-corrected chi connectivity index (χ3v) is 5.56. The number of carbonyl (C=O) groups is 2. The Balaban J connectivity index is 1.61. The molecule has 3 rings (SSSR count). The molecule has 2 aliphatic rings. The summed E-state index contributed by atoms with van der Waals surface area (Å²) >= 11 is 0. The quantitative estimate of drug-likeness (QED) is 0.238. The van der Waals surface area contributed by atoms with E-state index in [1.54, 1.807) is 18.5 Å². The molecule has 0 spiro atoms. The molecular formula is C24H31N5O3. The van der Waals surface area contributed by atoms with Gasteiger partial charge in [0.15, 0.2) is 0 Å². The molecule has 2 amide bonds. The van der Waals surface area contributed by atoms with Gasteiger partial charge in [-0.25, -0.2) is 10.5 Å². The zero-order chi connectivity index (χ0) is 22.9. The molecule has 1 atom stereocenters. The summed E-state index contributed by atoms with van der Waals surface area (Å²) in [7, 11) is 0. The number of piperazine rings is 1. The van der Waals surface area contributed by atoms with Crippen LogP contribution < -0.4 is 10.8 Å². The van der Waals surface area contributed by atoms with Crippen molar-refractivity contribution in [3.05, 3.63) is 66.0 Å². The molecule has 0 radical (unpaired) electrons. The molecule has 8 nitrogen and oxygen atoms in total. The minimum Gasteiger partial charge on any atom is -0.355 e. The number of carbonyl (C=O) groups excluding carboxylic acids is 2. The van der Waals surface area contributed by atoms with Crippen molar-refractivity contribution in [3.63, 3.8) is 0 Å². The van der Waals surface area contributed by atoms with Crippen molar-refractivity contribution in [2.45, 2.75) is 31.8 Å². The molecule has 32 heavy (non-hydrogen) atoms. The number of amides is 2. The monoisotopic (exact) mass is 437 g/mol. The minimum atomic E-state index is -0.622. The zero-order valence-electron chi connectivity index (χ0n) is 18.4. The molecule has 1 unspecified atom stereocenters. The largest absolute Gasteiger partial charge is 0.355 e. The first-order valence-corrected chi connectivity index (χ1v) is 10.9. The second kappa shape index (κ2) is 11.4. The highest BCUT2D eigenvalue weighted by molar-refractivity contribution is 6.11. The van der Waals surface area contributed by atoms with Gasteiger partial charge in [0.05, 0.1) is 5.57 Å². The van der Waals surface area contributed by atoms with E-state index in [0.717, 1.165) is 18.4 Å². The standard InChI is InChI=1S/C24H31N5O3/c1-3-20(23(30)27-32)17-25-18(2)28-13-15-29(16-14-28)22(24(31)26-21-10-11-21)12-9-19-7-5-4-6-8-19/h3-9,12,17,21-22,32H,2,10-11,13-16H2,1H3,(H,26,31)(H,27,30)/b12-9+,20-3+,25-17-. The Hall–Kier alpha value is -3.23. The van der Waals surface area contributed by atoms with Crippen molar-refractivity contribution < 1.29 is 14.8 Å². The van der Waals surface area contributed by atoms with E-state index >= 15 is 0 Å². The molecule has 2 fully saturated rings. The predicted octanol–water partition coefficient (Wildman–Crippen LogP) is 1.96. The van der Waals surface area contributed by atoms with Crippen molar-refractivity contribution in [3.8, 4) is 0 Å². The van der Waals surface area contributed by atoms with Gasteiger partial charge in [0.2, 0.25) is 5.91 Å². The molecule has 170 valence electrons. The third kappa shape index (κ3) is 6.63. The Bertz CT molecular complexity index is 897. The third-order valence-electron chi connectivity index (χ3n) is 5.56. The molecule has 8 heteroatoms. The Kier molecular flexibility index (Phi) is 8.35. The van der Waals surface area contributed by atoms with E-state index in [2.05, 4.69) is 21.8 Å². The van der Waals surface area contributed by atoms with Crippen LogP contribution in [0, 0.1) is 0 Å². The van der Waals surface area contributed by atoms with Crippen LogP contribution in [-0.4, -0.2) is 71.3 Å². The number of rotatable bonds is 9. The minimum absolute atomic E-state index is 0.0396. The van der Waals surface area contributed by atoms with Gasteiger partial charge in [-0.15, -0.1) is 0 Å². The Morgan fingerprint density at radius 2 is 1.88 bits per heavy atom. The van der Waals surface area contributed by atoms with E-state index in [-0.39, 0.29) is 17.5 Å². The van der Waals surface area contributed by atoms with Gasteiger partial charge in [-0.3, -0.25) is 19.7 Å². The number of aliphatic imine (C=N–C) groups is 1. The average Bonchev–Trinajstić information content (AvgIpc) is 3.64. The lowest BCUT2D eigenvalue weighted by Crippen LogP contribution is -2.54. The molecule has 1 aliphatic carbocycles. The van der Waals surface area contributed by atoms with Crippen LogP contribution in [0.2, 0.25) is 0 Å². The van der Waals surface area contributed by atoms with Crippen molar-refractivity contribution in [2.24, 2.45) is 4.99 Å². The summed E-state index contributed by atoms with van der Waals surface area (Å²) in [4.78, 5) is 32.9.